The molecule has 6 heteroatoms. The largest absolute Gasteiger partial charge is 0.454 e. The monoisotopic (exact) mass is 218 g/mol. The van der Waals surface area contributed by atoms with Gasteiger partial charge in [-0.25, -0.2) is 0 Å². The molecule has 2 aliphatic heterocycles. The van der Waals surface area contributed by atoms with Crippen molar-refractivity contribution in [2.75, 3.05) is 20.5 Å². The van der Waals surface area contributed by atoms with Gasteiger partial charge in [-0.2, -0.15) is 0 Å². The molecule has 0 aliphatic carbocycles. The van der Waals surface area contributed by atoms with Crippen molar-refractivity contribution < 1.29 is 28.5 Å². The lowest BCUT2D eigenvalue weighted by molar-refractivity contribution is -0.249. The highest BCUT2D eigenvalue weighted by Gasteiger charge is 2.47. The van der Waals surface area contributed by atoms with Crippen LogP contribution in [0.15, 0.2) is 0 Å². The zero-order valence-electron chi connectivity index (χ0n) is 8.67. The highest BCUT2D eigenvalue weighted by Crippen LogP contribution is 2.27. The second-order valence-corrected chi connectivity index (χ2v) is 3.47. The molecule has 0 saturated carbocycles. The standard InChI is InChI=1S/C9H14O6/c1-5(10)15-8-7-6(13-4-14-7)3-12-9(8)11-2/h6-9H,3-4H2,1-2H3/t6-,7-,8+,9-/m0/s1. The summed E-state index contributed by atoms with van der Waals surface area (Å²) in [7, 11) is 1.50. The average molecular weight is 218 g/mol. The van der Waals surface area contributed by atoms with Crippen LogP contribution in [0, 0.1) is 0 Å². The lowest BCUT2D eigenvalue weighted by atomic mass is 10.1. The van der Waals surface area contributed by atoms with Crippen molar-refractivity contribution in [1.82, 2.24) is 0 Å². The third-order valence-corrected chi connectivity index (χ3v) is 2.46. The summed E-state index contributed by atoms with van der Waals surface area (Å²) in [5.41, 5.74) is 0. The predicted octanol–water partition coefficient (Wildman–Crippen LogP) is -0.338. The number of carbonyl (C=O) groups excluding carboxylic acids is 1. The van der Waals surface area contributed by atoms with Crippen molar-refractivity contribution in [3.63, 3.8) is 0 Å². The molecule has 0 aromatic rings. The van der Waals surface area contributed by atoms with Crippen LogP contribution in [-0.4, -0.2) is 51.1 Å². The highest BCUT2D eigenvalue weighted by atomic mass is 16.8. The summed E-state index contributed by atoms with van der Waals surface area (Å²) in [6, 6.07) is 0. The third kappa shape index (κ3) is 2.12. The maximum atomic E-state index is 10.9. The maximum absolute atomic E-state index is 10.9. The van der Waals surface area contributed by atoms with Crippen LogP contribution in [0.1, 0.15) is 6.92 Å². The van der Waals surface area contributed by atoms with Crippen molar-refractivity contribution in [2.45, 2.75) is 31.5 Å². The van der Waals surface area contributed by atoms with Gasteiger partial charge in [0, 0.05) is 14.0 Å². The fraction of sp³-hybridized carbons (Fsp3) is 0.889. The molecule has 4 atom stereocenters. The van der Waals surface area contributed by atoms with Gasteiger partial charge in [-0.1, -0.05) is 0 Å². The normalized spacial score (nSPS) is 39.9. The lowest BCUT2D eigenvalue weighted by Crippen LogP contribution is -2.53. The van der Waals surface area contributed by atoms with Gasteiger partial charge in [-0.05, 0) is 0 Å². The van der Waals surface area contributed by atoms with Crippen molar-refractivity contribution in [1.29, 1.82) is 0 Å². The topological polar surface area (TPSA) is 63.2 Å². The first-order valence-electron chi connectivity index (χ1n) is 4.77. The van der Waals surface area contributed by atoms with Gasteiger partial charge in [0.1, 0.15) is 19.0 Å². The van der Waals surface area contributed by atoms with E-state index in [-0.39, 0.29) is 25.0 Å². The van der Waals surface area contributed by atoms with Gasteiger partial charge in [0.25, 0.3) is 0 Å². The average Bonchev–Trinajstić information content (AvgIpc) is 2.65. The number of carbonyl (C=O) groups is 1. The number of hydrogen-bond donors (Lipinski definition) is 0. The van der Waals surface area contributed by atoms with E-state index in [1.807, 2.05) is 0 Å². The Balaban J connectivity index is 2.07. The molecule has 2 saturated heterocycles. The lowest BCUT2D eigenvalue weighted by Gasteiger charge is -2.35. The first kappa shape index (κ1) is 10.8. The summed E-state index contributed by atoms with van der Waals surface area (Å²) in [4.78, 5) is 10.9. The van der Waals surface area contributed by atoms with Gasteiger partial charge in [0.2, 0.25) is 0 Å². The zero-order valence-corrected chi connectivity index (χ0v) is 8.67. The highest BCUT2D eigenvalue weighted by molar-refractivity contribution is 5.66. The minimum Gasteiger partial charge on any atom is -0.454 e. The van der Waals surface area contributed by atoms with E-state index in [9.17, 15) is 4.79 Å². The molecule has 2 aliphatic rings. The zero-order chi connectivity index (χ0) is 10.8. The number of fused-ring (bicyclic) bond motifs is 1. The van der Waals surface area contributed by atoms with Crippen LogP contribution in [0.3, 0.4) is 0 Å². The minimum atomic E-state index is -0.586. The van der Waals surface area contributed by atoms with E-state index in [2.05, 4.69) is 0 Å². The summed E-state index contributed by atoms with van der Waals surface area (Å²) in [5.74, 6) is -0.387. The molecular formula is C9H14O6. The summed E-state index contributed by atoms with van der Waals surface area (Å²) in [6.07, 6.45) is -1.63. The van der Waals surface area contributed by atoms with Gasteiger partial charge in [-0.15, -0.1) is 0 Å². The predicted molar refractivity (Wildman–Crippen MR) is 46.9 cm³/mol. The SMILES string of the molecule is CO[C@H]1OC[C@@H]2OCO[C@@H]2[C@H]1OC(C)=O. The first-order valence-corrected chi connectivity index (χ1v) is 4.77. The van der Waals surface area contributed by atoms with E-state index >= 15 is 0 Å². The molecule has 0 radical (unpaired) electrons. The van der Waals surface area contributed by atoms with Crippen LogP contribution in [0.25, 0.3) is 0 Å². The van der Waals surface area contributed by atoms with Gasteiger partial charge in [0.15, 0.2) is 12.4 Å². The molecule has 0 N–H and O–H groups in total. The summed E-state index contributed by atoms with van der Waals surface area (Å²) < 4.78 is 26.2. The van der Waals surface area contributed by atoms with Gasteiger partial charge in [0.05, 0.1) is 6.61 Å². The Morgan fingerprint density at radius 2 is 2.13 bits per heavy atom. The van der Waals surface area contributed by atoms with Crippen LogP contribution in [0.4, 0.5) is 0 Å². The molecule has 6 nitrogen and oxygen atoms in total. The Hall–Kier alpha value is -0.690. The number of rotatable bonds is 2. The summed E-state index contributed by atoms with van der Waals surface area (Å²) in [6.45, 7) is 1.93. The van der Waals surface area contributed by atoms with Gasteiger partial charge in [-0.3, -0.25) is 4.79 Å². The van der Waals surface area contributed by atoms with Crippen LogP contribution >= 0.6 is 0 Å². The molecule has 2 fully saturated rings. The Kier molecular flexibility index (Phi) is 3.20. The minimum absolute atomic E-state index is 0.180. The molecule has 86 valence electrons. The van der Waals surface area contributed by atoms with Crippen LogP contribution in [0.2, 0.25) is 0 Å². The molecule has 0 amide bonds. The molecule has 0 spiro atoms. The number of methoxy groups -OCH3 is 1. The molecule has 2 heterocycles. The number of esters is 1. The second-order valence-electron chi connectivity index (χ2n) is 3.47. The van der Waals surface area contributed by atoms with E-state index in [0.29, 0.717) is 6.61 Å². The van der Waals surface area contributed by atoms with Crippen molar-refractivity contribution in [2.24, 2.45) is 0 Å². The van der Waals surface area contributed by atoms with E-state index in [1.54, 1.807) is 0 Å². The second kappa shape index (κ2) is 4.44. The Labute approximate surface area is 87.4 Å². The first-order chi connectivity index (χ1) is 7.22. The van der Waals surface area contributed by atoms with Crippen LogP contribution in [0.5, 0.6) is 0 Å². The van der Waals surface area contributed by atoms with Gasteiger partial charge >= 0.3 is 5.97 Å². The summed E-state index contributed by atoms with van der Waals surface area (Å²) >= 11 is 0. The van der Waals surface area contributed by atoms with Crippen molar-refractivity contribution in [3.8, 4) is 0 Å². The summed E-state index contributed by atoms with van der Waals surface area (Å²) in [5, 5.41) is 0. The quantitative estimate of drug-likeness (QED) is 0.591. The van der Waals surface area contributed by atoms with E-state index < -0.39 is 12.4 Å². The number of hydrogen-bond acceptors (Lipinski definition) is 6. The molecule has 0 aromatic heterocycles. The molecule has 2 rings (SSSR count). The molecule has 0 aromatic carbocycles. The fourth-order valence-corrected chi connectivity index (χ4v) is 1.81. The molecule has 0 bridgehead atoms. The van der Waals surface area contributed by atoms with Crippen molar-refractivity contribution >= 4 is 5.97 Å². The van der Waals surface area contributed by atoms with Crippen LogP contribution in [-0.2, 0) is 28.5 Å². The molecule has 0 unspecified atom stereocenters. The maximum Gasteiger partial charge on any atom is 0.303 e. The third-order valence-electron chi connectivity index (χ3n) is 2.46. The Morgan fingerprint density at radius 1 is 1.33 bits per heavy atom. The van der Waals surface area contributed by atoms with E-state index in [4.69, 9.17) is 23.7 Å². The molecule has 15 heavy (non-hydrogen) atoms. The number of ether oxygens (including phenoxy) is 5. The Bertz CT molecular complexity index is 243. The van der Waals surface area contributed by atoms with E-state index in [0.717, 1.165) is 0 Å². The van der Waals surface area contributed by atoms with Gasteiger partial charge < -0.3 is 23.7 Å². The van der Waals surface area contributed by atoms with Crippen molar-refractivity contribution in [3.05, 3.63) is 0 Å². The Morgan fingerprint density at radius 3 is 2.80 bits per heavy atom. The molecular weight excluding hydrogens is 204 g/mol. The van der Waals surface area contributed by atoms with Crippen LogP contribution < -0.4 is 0 Å². The fourth-order valence-electron chi connectivity index (χ4n) is 1.81. The van der Waals surface area contributed by atoms with E-state index in [1.165, 1.54) is 14.0 Å². The smallest absolute Gasteiger partial charge is 0.303 e.